The van der Waals surface area contributed by atoms with E-state index in [1.54, 1.807) is 24.4 Å². The highest BCUT2D eigenvalue weighted by Crippen LogP contribution is 2.34. The molecule has 3 rings (SSSR count). The van der Waals surface area contributed by atoms with Gasteiger partial charge in [0.2, 0.25) is 0 Å². The number of benzene rings is 1. The number of aromatic nitrogens is 1. The Morgan fingerprint density at radius 2 is 2.16 bits per heavy atom. The number of rotatable bonds is 3. The molecule has 0 unspecified atom stereocenters. The summed E-state index contributed by atoms with van der Waals surface area (Å²) in [6.07, 6.45) is 3.27. The van der Waals surface area contributed by atoms with Gasteiger partial charge in [-0.1, -0.05) is 0 Å². The summed E-state index contributed by atoms with van der Waals surface area (Å²) in [6, 6.07) is 6.79. The first-order valence-electron chi connectivity index (χ1n) is 6.09. The van der Waals surface area contributed by atoms with E-state index in [-0.39, 0.29) is 17.8 Å². The van der Waals surface area contributed by atoms with Gasteiger partial charge in [0.25, 0.3) is 5.69 Å². The Bertz CT molecular complexity index is 638. The third-order valence-corrected chi connectivity index (χ3v) is 3.33. The standard InChI is InChI=1S/C13H13N3O3/c14-8-6-9(7-8)19-12-4-3-11(16(17)18)13-10(12)2-1-5-15-13/h1-5,8-9H,6-7,14H2. The molecule has 1 aromatic heterocycles. The SMILES string of the molecule is NC1CC(Oc2ccc([N+](=O)[O-])c3ncccc23)C1. The van der Waals surface area contributed by atoms with E-state index in [4.69, 9.17) is 10.5 Å². The summed E-state index contributed by atoms with van der Waals surface area (Å²) in [5, 5.41) is 11.6. The molecule has 1 fully saturated rings. The van der Waals surface area contributed by atoms with Crippen molar-refractivity contribution in [3.8, 4) is 5.75 Å². The van der Waals surface area contributed by atoms with Gasteiger partial charge >= 0.3 is 0 Å². The van der Waals surface area contributed by atoms with Crippen LogP contribution in [0.15, 0.2) is 30.5 Å². The monoisotopic (exact) mass is 259 g/mol. The summed E-state index contributed by atoms with van der Waals surface area (Å²) in [4.78, 5) is 14.6. The smallest absolute Gasteiger partial charge is 0.295 e. The zero-order valence-corrected chi connectivity index (χ0v) is 10.2. The van der Waals surface area contributed by atoms with Crippen LogP contribution in [0.1, 0.15) is 12.8 Å². The highest BCUT2D eigenvalue weighted by molar-refractivity contribution is 5.92. The first-order valence-corrected chi connectivity index (χ1v) is 6.09. The van der Waals surface area contributed by atoms with Crippen LogP contribution in [0.5, 0.6) is 5.75 Å². The molecule has 1 aromatic carbocycles. The first-order chi connectivity index (χ1) is 9.15. The molecule has 0 amide bonds. The zero-order valence-electron chi connectivity index (χ0n) is 10.2. The average Bonchev–Trinajstić information content (AvgIpc) is 2.36. The number of nitrogens with zero attached hydrogens (tertiary/aromatic N) is 2. The number of pyridine rings is 1. The minimum absolute atomic E-state index is 0.00624. The second-order valence-electron chi connectivity index (χ2n) is 4.71. The fourth-order valence-corrected chi connectivity index (χ4v) is 2.26. The molecular formula is C13H13N3O3. The number of nitro groups is 1. The van der Waals surface area contributed by atoms with Gasteiger partial charge in [0.05, 0.1) is 4.92 Å². The van der Waals surface area contributed by atoms with Crippen LogP contribution in [0.2, 0.25) is 0 Å². The lowest BCUT2D eigenvalue weighted by Crippen LogP contribution is -2.43. The molecule has 0 atom stereocenters. The van der Waals surface area contributed by atoms with Crippen molar-refractivity contribution in [2.45, 2.75) is 25.0 Å². The van der Waals surface area contributed by atoms with Crippen LogP contribution in [-0.2, 0) is 0 Å². The molecule has 6 heteroatoms. The van der Waals surface area contributed by atoms with E-state index >= 15 is 0 Å². The second kappa shape index (κ2) is 4.47. The Kier molecular flexibility index (Phi) is 2.79. The topological polar surface area (TPSA) is 91.3 Å². The predicted octanol–water partition coefficient (Wildman–Crippen LogP) is 2.01. The third-order valence-electron chi connectivity index (χ3n) is 3.33. The van der Waals surface area contributed by atoms with Gasteiger partial charge in [-0.15, -0.1) is 0 Å². The normalized spacial score (nSPS) is 21.9. The minimum atomic E-state index is -0.432. The van der Waals surface area contributed by atoms with Crippen LogP contribution in [-0.4, -0.2) is 22.1 Å². The van der Waals surface area contributed by atoms with Crippen LogP contribution in [0.4, 0.5) is 5.69 Å². The van der Waals surface area contributed by atoms with Crippen LogP contribution < -0.4 is 10.5 Å². The Hall–Kier alpha value is -2.21. The number of hydrogen-bond acceptors (Lipinski definition) is 5. The maximum Gasteiger partial charge on any atom is 0.295 e. The van der Waals surface area contributed by atoms with Gasteiger partial charge in [0.1, 0.15) is 11.9 Å². The maximum atomic E-state index is 11.0. The van der Waals surface area contributed by atoms with Crippen molar-refractivity contribution in [1.82, 2.24) is 4.98 Å². The summed E-state index contributed by atoms with van der Waals surface area (Å²) in [5.41, 5.74) is 6.07. The largest absolute Gasteiger partial charge is 0.490 e. The van der Waals surface area contributed by atoms with E-state index in [9.17, 15) is 10.1 Å². The molecule has 19 heavy (non-hydrogen) atoms. The van der Waals surface area contributed by atoms with E-state index in [1.807, 2.05) is 0 Å². The summed E-state index contributed by atoms with van der Waals surface area (Å²) in [7, 11) is 0. The Morgan fingerprint density at radius 1 is 1.37 bits per heavy atom. The van der Waals surface area contributed by atoms with Crippen molar-refractivity contribution in [1.29, 1.82) is 0 Å². The molecule has 0 spiro atoms. The number of hydrogen-bond donors (Lipinski definition) is 1. The minimum Gasteiger partial charge on any atom is -0.490 e. The first kappa shape index (κ1) is 11.9. The zero-order chi connectivity index (χ0) is 13.4. The fraction of sp³-hybridized carbons (Fsp3) is 0.308. The Balaban J connectivity index is 2.01. The lowest BCUT2D eigenvalue weighted by molar-refractivity contribution is -0.383. The molecule has 6 nitrogen and oxygen atoms in total. The third kappa shape index (κ3) is 2.10. The molecule has 98 valence electrons. The maximum absolute atomic E-state index is 11.0. The summed E-state index contributed by atoms with van der Waals surface area (Å²) >= 11 is 0. The van der Waals surface area contributed by atoms with Crippen LogP contribution in [0.25, 0.3) is 10.9 Å². The van der Waals surface area contributed by atoms with Gasteiger partial charge in [-0.3, -0.25) is 10.1 Å². The second-order valence-corrected chi connectivity index (χ2v) is 4.71. The van der Waals surface area contributed by atoms with E-state index < -0.39 is 4.92 Å². The van der Waals surface area contributed by atoms with Gasteiger partial charge < -0.3 is 10.5 Å². The number of ether oxygens (including phenoxy) is 1. The van der Waals surface area contributed by atoms with Gasteiger partial charge in [-0.2, -0.15) is 0 Å². The quantitative estimate of drug-likeness (QED) is 0.672. The van der Waals surface area contributed by atoms with Gasteiger partial charge in [0, 0.05) is 23.7 Å². The van der Waals surface area contributed by atoms with Gasteiger partial charge in [0.15, 0.2) is 5.52 Å². The van der Waals surface area contributed by atoms with E-state index in [0.29, 0.717) is 16.7 Å². The van der Waals surface area contributed by atoms with Crippen molar-refractivity contribution >= 4 is 16.6 Å². The molecule has 2 aromatic rings. The molecule has 0 aliphatic heterocycles. The van der Waals surface area contributed by atoms with Crippen molar-refractivity contribution in [3.63, 3.8) is 0 Å². The predicted molar refractivity (Wildman–Crippen MR) is 70.0 cm³/mol. The number of non-ortho nitro benzene ring substituents is 1. The van der Waals surface area contributed by atoms with E-state index in [1.165, 1.54) is 6.07 Å². The number of nitro benzene ring substituents is 1. The molecule has 1 heterocycles. The molecule has 1 aliphatic rings. The van der Waals surface area contributed by atoms with E-state index in [2.05, 4.69) is 4.98 Å². The lowest BCUT2D eigenvalue weighted by atomic mass is 9.90. The fourth-order valence-electron chi connectivity index (χ4n) is 2.26. The van der Waals surface area contributed by atoms with Crippen molar-refractivity contribution in [2.75, 3.05) is 0 Å². The molecule has 1 aliphatic carbocycles. The summed E-state index contributed by atoms with van der Waals surface area (Å²) in [5.74, 6) is 0.630. The van der Waals surface area contributed by atoms with Gasteiger partial charge in [-0.25, -0.2) is 4.98 Å². The van der Waals surface area contributed by atoms with Crippen LogP contribution in [0, 0.1) is 10.1 Å². The number of nitrogens with two attached hydrogens (primary N) is 1. The molecule has 0 bridgehead atoms. The average molecular weight is 259 g/mol. The summed E-state index contributed by atoms with van der Waals surface area (Å²) in [6.45, 7) is 0. The van der Waals surface area contributed by atoms with Crippen molar-refractivity contribution in [3.05, 3.63) is 40.6 Å². The molecular weight excluding hydrogens is 246 g/mol. The highest BCUT2D eigenvalue weighted by atomic mass is 16.6. The highest BCUT2D eigenvalue weighted by Gasteiger charge is 2.28. The lowest BCUT2D eigenvalue weighted by Gasteiger charge is -2.32. The Morgan fingerprint density at radius 3 is 2.84 bits per heavy atom. The Labute approximate surface area is 109 Å². The van der Waals surface area contributed by atoms with Crippen molar-refractivity contribution < 1.29 is 9.66 Å². The molecule has 1 saturated carbocycles. The number of fused-ring (bicyclic) bond motifs is 1. The summed E-state index contributed by atoms with van der Waals surface area (Å²) < 4.78 is 5.83. The molecule has 0 radical (unpaired) electrons. The molecule has 2 N–H and O–H groups in total. The molecule has 0 saturated heterocycles. The van der Waals surface area contributed by atoms with Crippen LogP contribution >= 0.6 is 0 Å². The van der Waals surface area contributed by atoms with Crippen molar-refractivity contribution in [2.24, 2.45) is 5.73 Å². The van der Waals surface area contributed by atoms with Gasteiger partial charge in [-0.05, 0) is 31.0 Å². The van der Waals surface area contributed by atoms with E-state index in [0.717, 1.165) is 12.8 Å². The van der Waals surface area contributed by atoms with Crippen LogP contribution in [0.3, 0.4) is 0 Å².